The van der Waals surface area contributed by atoms with E-state index >= 15 is 0 Å². The summed E-state index contributed by atoms with van der Waals surface area (Å²) in [6.07, 6.45) is 3.21. The smallest absolute Gasteiger partial charge is 0.330 e. The van der Waals surface area contributed by atoms with E-state index in [2.05, 4.69) is 31.2 Å². The van der Waals surface area contributed by atoms with E-state index < -0.39 is 35.1 Å². The molecule has 0 unspecified atom stereocenters. The number of nitrogens with one attached hydrogen (secondary N) is 4. The fraction of sp³-hybridized carbons (Fsp3) is 0.533. The number of hydrogen-bond acceptors (Lipinski definition) is 10. The van der Waals surface area contributed by atoms with Crippen molar-refractivity contribution in [2.45, 2.75) is 78.6 Å². The quantitative estimate of drug-likeness (QED) is 0.258. The molecule has 0 spiro atoms. The first kappa shape index (κ1) is 34.0. The highest BCUT2D eigenvalue weighted by Gasteiger charge is 2.36. The molecule has 2 rings (SSSR count). The third-order valence-corrected chi connectivity index (χ3v) is 6.62. The first-order valence-electron chi connectivity index (χ1n) is 13.8. The summed E-state index contributed by atoms with van der Waals surface area (Å²) in [5.74, 6) is -2.25. The maximum absolute atomic E-state index is 13.3. The van der Waals surface area contributed by atoms with Gasteiger partial charge < -0.3 is 30.7 Å². The first-order chi connectivity index (χ1) is 19.5. The number of anilines is 2. The molecule has 230 valence electrons. The van der Waals surface area contributed by atoms with Crippen LogP contribution in [0, 0.1) is 11.8 Å². The van der Waals surface area contributed by atoms with Crippen LogP contribution in [0.1, 0.15) is 55.4 Å². The van der Waals surface area contributed by atoms with E-state index in [4.69, 9.17) is 9.47 Å². The number of carbonyl (C=O) groups excluding carboxylic acids is 4. The Morgan fingerprint density at radius 1 is 0.667 bits per heavy atom. The average molecular weight is 585 g/mol. The number of pyridine rings is 2. The number of hydrogen-bond donors (Lipinski definition) is 4. The van der Waals surface area contributed by atoms with Gasteiger partial charge in [0.25, 0.3) is 0 Å². The molecule has 0 saturated carbocycles. The highest BCUT2D eigenvalue weighted by Crippen LogP contribution is 2.32. The van der Waals surface area contributed by atoms with Crippen molar-refractivity contribution in [3.05, 3.63) is 36.7 Å². The monoisotopic (exact) mass is 584 g/mol. The van der Waals surface area contributed by atoms with Gasteiger partial charge in [-0.05, 0) is 63.8 Å². The van der Waals surface area contributed by atoms with Crippen molar-refractivity contribution >= 4 is 35.1 Å². The Morgan fingerprint density at radius 2 is 1.00 bits per heavy atom. The number of ether oxygens (including phenoxy) is 2. The maximum atomic E-state index is 13.3. The topological polar surface area (TPSA) is 161 Å². The molecule has 0 radical (unpaired) electrons. The van der Waals surface area contributed by atoms with Crippen molar-refractivity contribution in [2.24, 2.45) is 11.8 Å². The fourth-order valence-corrected chi connectivity index (χ4v) is 4.21. The van der Waals surface area contributed by atoms with Gasteiger partial charge in [0.2, 0.25) is 11.8 Å². The predicted molar refractivity (Wildman–Crippen MR) is 160 cm³/mol. The molecule has 4 N–H and O–H groups in total. The van der Waals surface area contributed by atoms with Crippen molar-refractivity contribution in [1.29, 1.82) is 0 Å². The van der Waals surface area contributed by atoms with E-state index in [1.807, 2.05) is 27.7 Å². The van der Waals surface area contributed by atoms with Crippen molar-refractivity contribution in [2.75, 3.05) is 24.9 Å². The van der Waals surface area contributed by atoms with Gasteiger partial charge in [-0.1, -0.05) is 27.7 Å². The third-order valence-electron chi connectivity index (χ3n) is 6.62. The third kappa shape index (κ3) is 8.40. The van der Waals surface area contributed by atoms with Crippen LogP contribution in [0.25, 0.3) is 11.4 Å². The van der Waals surface area contributed by atoms with Gasteiger partial charge in [0.15, 0.2) is 0 Å². The maximum Gasteiger partial charge on any atom is 0.330 e. The van der Waals surface area contributed by atoms with Crippen molar-refractivity contribution in [3.8, 4) is 11.4 Å². The van der Waals surface area contributed by atoms with E-state index in [1.54, 1.807) is 64.4 Å². The summed E-state index contributed by atoms with van der Waals surface area (Å²) in [7, 11) is 2.53. The van der Waals surface area contributed by atoms with E-state index in [0.717, 1.165) is 0 Å². The minimum Gasteiger partial charge on any atom is -0.467 e. The molecule has 0 fully saturated rings. The molecule has 2 atom stereocenters. The van der Waals surface area contributed by atoms with Crippen LogP contribution in [-0.2, 0) is 28.7 Å². The molecule has 0 aromatic carbocycles. The standard InChI is InChI=1S/C30H44N6O6/c1-17(2)21(25(37)35-29(5,6)27(39)41-9)33-19-13-11-15-31-23(19)24-20(14-12-16-32-24)34-22(18(3)4)26(38)36-30(7,8)28(40)42-10/h11-18,21-22,33-34H,1-10H3,(H,35,37)(H,36,38)/t21-,22-/m0/s1. The molecule has 42 heavy (non-hydrogen) atoms. The van der Waals surface area contributed by atoms with Gasteiger partial charge in [-0.3, -0.25) is 19.6 Å². The molecular weight excluding hydrogens is 540 g/mol. The molecular formula is C30H44N6O6. The van der Waals surface area contributed by atoms with E-state index in [9.17, 15) is 19.2 Å². The molecule has 0 aliphatic heterocycles. The Bertz CT molecular complexity index is 1180. The number of esters is 2. The van der Waals surface area contributed by atoms with E-state index in [1.165, 1.54) is 14.2 Å². The summed E-state index contributed by atoms with van der Waals surface area (Å²) in [5.41, 5.74) is -0.507. The number of methoxy groups -OCH3 is 2. The van der Waals surface area contributed by atoms with E-state index in [0.29, 0.717) is 22.8 Å². The van der Waals surface area contributed by atoms with Gasteiger partial charge >= 0.3 is 11.9 Å². The molecule has 2 aromatic heterocycles. The van der Waals surface area contributed by atoms with Crippen molar-refractivity contribution < 1.29 is 28.7 Å². The lowest BCUT2D eigenvalue weighted by atomic mass is 9.99. The lowest BCUT2D eigenvalue weighted by Crippen LogP contribution is -2.55. The lowest BCUT2D eigenvalue weighted by Gasteiger charge is -2.30. The van der Waals surface area contributed by atoms with Gasteiger partial charge in [-0.15, -0.1) is 0 Å². The summed E-state index contributed by atoms with van der Waals surface area (Å²) in [5, 5.41) is 12.1. The van der Waals surface area contributed by atoms with Gasteiger partial charge in [0.05, 0.1) is 25.6 Å². The minimum atomic E-state index is -1.23. The summed E-state index contributed by atoms with van der Waals surface area (Å²) < 4.78 is 9.65. The van der Waals surface area contributed by atoms with Crippen LogP contribution >= 0.6 is 0 Å². The van der Waals surface area contributed by atoms with Crippen molar-refractivity contribution in [3.63, 3.8) is 0 Å². The zero-order valence-corrected chi connectivity index (χ0v) is 26.1. The molecule has 0 aliphatic carbocycles. The highest BCUT2D eigenvalue weighted by atomic mass is 16.5. The van der Waals surface area contributed by atoms with E-state index in [-0.39, 0.29) is 23.7 Å². The van der Waals surface area contributed by atoms with Crippen LogP contribution in [-0.4, -0.2) is 71.1 Å². The van der Waals surface area contributed by atoms with Gasteiger partial charge in [-0.2, -0.15) is 0 Å². The lowest BCUT2D eigenvalue weighted by molar-refractivity contribution is -0.149. The van der Waals surface area contributed by atoms with Crippen LogP contribution in [0.4, 0.5) is 11.4 Å². The predicted octanol–water partition coefficient (Wildman–Crippen LogP) is 3.15. The molecule has 0 aliphatic rings. The fourth-order valence-electron chi connectivity index (χ4n) is 4.21. The Hall–Kier alpha value is -4.22. The second-order valence-corrected chi connectivity index (χ2v) is 11.7. The zero-order valence-electron chi connectivity index (χ0n) is 26.1. The number of nitrogens with zero attached hydrogens (tertiary/aromatic N) is 2. The Kier molecular flexibility index (Phi) is 11.4. The first-order valence-corrected chi connectivity index (χ1v) is 13.8. The van der Waals surface area contributed by atoms with Crippen molar-refractivity contribution in [1.82, 2.24) is 20.6 Å². The SMILES string of the molecule is COC(=O)C(C)(C)NC(=O)[C@@H](Nc1cccnc1-c1ncccc1N[C@H](C(=O)NC(C)(C)C(=O)OC)C(C)C)C(C)C. The average Bonchev–Trinajstić information content (AvgIpc) is 2.92. The zero-order chi connectivity index (χ0) is 31.8. The summed E-state index contributed by atoms with van der Waals surface area (Å²) in [6.45, 7) is 13.8. The summed E-state index contributed by atoms with van der Waals surface area (Å²) in [4.78, 5) is 60.1. The Morgan fingerprint density at radius 3 is 1.29 bits per heavy atom. The summed E-state index contributed by atoms with van der Waals surface area (Å²) in [6, 6.07) is 5.56. The molecule has 12 nitrogen and oxygen atoms in total. The minimum absolute atomic E-state index is 0.167. The molecule has 2 aromatic rings. The van der Waals surface area contributed by atoms with Gasteiger partial charge in [-0.25, -0.2) is 9.59 Å². The molecule has 0 bridgehead atoms. The van der Waals surface area contributed by atoms with Crippen LogP contribution in [0.15, 0.2) is 36.7 Å². The highest BCUT2D eigenvalue weighted by molar-refractivity contribution is 5.94. The van der Waals surface area contributed by atoms with Gasteiger partial charge in [0, 0.05) is 12.4 Å². The van der Waals surface area contributed by atoms with Crippen LogP contribution < -0.4 is 21.3 Å². The summed E-state index contributed by atoms with van der Waals surface area (Å²) >= 11 is 0. The van der Waals surface area contributed by atoms with Crippen LogP contribution in [0.3, 0.4) is 0 Å². The second-order valence-electron chi connectivity index (χ2n) is 11.7. The number of carbonyl (C=O) groups is 4. The van der Waals surface area contributed by atoms with Gasteiger partial charge in [0.1, 0.15) is 34.5 Å². The molecule has 0 saturated heterocycles. The number of amides is 2. The Labute approximate surface area is 247 Å². The van der Waals surface area contributed by atoms with Crippen LogP contribution in [0.5, 0.6) is 0 Å². The number of rotatable bonds is 13. The number of aromatic nitrogens is 2. The molecule has 2 heterocycles. The molecule has 2 amide bonds. The Balaban J connectivity index is 2.44. The normalized spacial score (nSPS) is 13.1. The molecule has 12 heteroatoms. The van der Waals surface area contributed by atoms with Crippen LogP contribution in [0.2, 0.25) is 0 Å². The second kappa shape index (κ2) is 14.1. The largest absolute Gasteiger partial charge is 0.467 e.